The first kappa shape index (κ1) is 26.6. The van der Waals surface area contributed by atoms with Gasteiger partial charge in [0.25, 0.3) is 11.5 Å². The Kier molecular flexibility index (Phi) is 6.64. The van der Waals surface area contributed by atoms with E-state index in [1.165, 1.54) is 10.8 Å². The van der Waals surface area contributed by atoms with Crippen molar-refractivity contribution in [1.29, 1.82) is 0 Å². The highest BCUT2D eigenvalue weighted by Gasteiger charge is 2.34. The molecule has 4 aromatic rings. The summed E-state index contributed by atoms with van der Waals surface area (Å²) < 4.78 is 3.03. The summed E-state index contributed by atoms with van der Waals surface area (Å²) >= 11 is 5.93. The molecule has 3 fully saturated rings. The molecule has 7 rings (SSSR count). The SMILES string of the molecule is O=C1CCCN1CCCN(C(=O)c1ccc(Cl)nc1)c1ccc(-c2nc3c([nH]2)c(=O)n(C2CC2)c(=O)n3C2CC2)cn1. The summed E-state index contributed by atoms with van der Waals surface area (Å²) in [5.74, 6) is 0.702. The number of carbonyl (C=O) groups excluding carboxylic acids is 2. The number of halogens is 1. The topological polar surface area (TPSA) is 139 Å². The Morgan fingerprint density at radius 1 is 1.00 bits per heavy atom. The van der Waals surface area contributed by atoms with Crippen molar-refractivity contribution < 1.29 is 9.59 Å². The average Bonchev–Trinajstić information content (AvgIpc) is 3.92. The number of pyridine rings is 2. The Balaban J connectivity index is 1.19. The van der Waals surface area contributed by atoms with E-state index < -0.39 is 0 Å². The van der Waals surface area contributed by atoms with Crippen molar-refractivity contribution in [1.82, 2.24) is 34.0 Å². The maximum Gasteiger partial charge on any atom is 0.333 e. The number of carbonyl (C=O) groups is 2. The molecular formula is C29H29ClN8O4. The number of aromatic amines is 1. The lowest BCUT2D eigenvalue weighted by molar-refractivity contribution is -0.127. The Morgan fingerprint density at radius 2 is 1.79 bits per heavy atom. The van der Waals surface area contributed by atoms with E-state index in [4.69, 9.17) is 11.6 Å². The third kappa shape index (κ3) is 4.89. The number of aromatic nitrogens is 6. The van der Waals surface area contributed by atoms with Crippen LogP contribution >= 0.6 is 11.6 Å². The van der Waals surface area contributed by atoms with Gasteiger partial charge in [-0.25, -0.2) is 19.7 Å². The molecule has 0 bridgehead atoms. The molecule has 0 radical (unpaired) electrons. The first-order valence-electron chi connectivity index (χ1n) is 14.3. The molecule has 42 heavy (non-hydrogen) atoms. The molecule has 0 unspecified atom stereocenters. The highest BCUT2D eigenvalue weighted by atomic mass is 35.5. The van der Waals surface area contributed by atoms with Crippen LogP contribution in [0.2, 0.25) is 5.15 Å². The van der Waals surface area contributed by atoms with Gasteiger partial charge in [-0.15, -0.1) is 0 Å². The van der Waals surface area contributed by atoms with Gasteiger partial charge in [0.2, 0.25) is 5.91 Å². The van der Waals surface area contributed by atoms with E-state index >= 15 is 0 Å². The molecule has 4 aromatic heterocycles. The Bertz CT molecular complexity index is 1800. The molecular weight excluding hydrogens is 560 g/mol. The second-order valence-corrected chi connectivity index (χ2v) is 11.5. The normalized spacial score (nSPS) is 16.9. The van der Waals surface area contributed by atoms with Crippen LogP contribution in [0.15, 0.2) is 46.2 Å². The summed E-state index contributed by atoms with van der Waals surface area (Å²) in [5, 5.41) is 0.287. The molecule has 0 spiro atoms. The number of nitrogens with one attached hydrogen (secondary N) is 1. The van der Waals surface area contributed by atoms with Gasteiger partial charge in [-0.3, -0.25) is 28.4 Å². The molecule has 1 N–H and O–H groups in total. The molecule has 0 aromatic carbocycles. The minimum absolute atomic E-state index is 0.0463. The Labute approximate surface area is 245 Å². The van der Waals surface area contributed by atoms with Gasteiger partial charge in [0, 0.05) is 56.1 Å². The number of nitrogens with zero attached hydrogens (tertiary/aromatic N) is 7. The molecule has 1 aliphatic heterocycles. The second-order valence-electron chi connectivity index (χ2n) is 11.1. The zero-order valence-corrected chi connectivity index (χ0v) is 23.6. The number of fused-ring (bicyclic) bond motifs is 1. The third-order valence-corrected chi connectivity index (χ3v) is 8.30. The predicted molar refractivity (Wildman–Crippen MR) is 156 cm³/mol. The summed E-state index contributed by atoms with van der Waals surface area (Å²) in [6.45, 7) is 1.63. The van der Waals surface area contributed by atoms with Crippen LogP contribution in [-0.4, -0.2) is 65.4 Å². The van der Waals surface area contributed by atoms with E-state index in [0.29, 0.717) is 59.9 Å². The minimum Gasteiger partial charge on any atom is -0.343 e. The van der Waals surface area contributed by atoms with Crippen molar-refractivity contribution in [3.05, 3.63) is 68.2 Å². The fourth-order valence-electron chi connectivity index (χ4n) is 5.58. The molecule has 13 heteroatoms. The number of likely N-dealkylation sites (tertiary alicyclic amines) is 1. The molecule has 2 saturated carbocycles. The van der Waals surface area contributed by atoms with Crippen molar-refractivity contribution >= 4 is 40.4 Å². The molecule has 5 heterocycles. The fraction of sp³-hybridized carbons (Fsp3) is 0.414. The lowest BCUT2D eigenvalue weighted by Gasteiger charge is -2.23. The van der Waals surface area contributed by atoms with Crippen molar-refractivity contribution in [2.75, 3.05) is 24.5 Å². The monoisotopic (exact) mass is 588 g/mol. The maximum atomic E-state index is 13.5. The quantitative estimate of drug-likeness (QED) is 0.296. The number of amides is 2. The Morgan fingerprint density at radius 3 is 2.43 bits per heavy atom. The Hall–Kier alpha value is -4.32. The average molecular weight is 589 g/mol. The van der Waals surface area contributed by atoms with E-state index in [9.17, 15) is 19.2 Å². The van der Waals surface area contributed by atoms with Crippen molar-refractivity contribution in [3.63, 3.8) is 0 Å². The minimum atomic E-state index is -0.345. The van der Waals surface area contributed by atoms with E-state index in [2.05, 4.69) is 19.9 Å². The number of hydrogen-bond donors (Lipinski definition) is 1. The highest BCUT2D eigenvalue weighted by Crippen LogP contribution is 2.37. The predicted octanol–water partition coefficient (Wildman–Crippen LogP) is 3.33. The van der Waals surface area contributed by atoms with Crippen molar-refractivity contribution in [2.45, 2.75) is 57.0 Å². The van der Waals surface area contributed by atoms with Gasteiger partial charge in [-0.1, -0.05) is 11.6 Å². The van der Waals surface area contributed by atoms with E-state index in [-0.39, 0.29) is 40.3 Å². The van der Waals surface area contributed by atoms with Crippen LogP contribution in [0.5, 0.6) is 0 Å². The van der Waals surface area contributed by atoms with Crippen LogP contribution in [0.1, 0.15) is 67.4 Å². The molecule has 12 nitrogen and oxygen atoms in total. The summed E-state index contributed by atoms with van der Waals surface area (Å²) in [6.07, 6.45) is 8.44. The van der Waals surface area contributed by atoms with Gasteiger partial charge >= 0.3 is 5.69 Å². The van der Waals surface area contributed by atoms with Crippen LogP contribution < -0.4 is 16.1 Å². The van der Waals surface area contributed by atoms with Gasteiger partial charge in [-0.05, 0) is 62.8 Å². The van der Waals surface area contributed by atoms with Crippen LogP contribution in [-0.2, 0) is 4.79 Å². The van der Waals surface area contributed by atoms with Crippen LogP contribution in [0, 0.1) is 0 Å². The van der Waals surface area contributed by atoms with Gasteiger partial charge in [0.15, 0.2) is 5.65 Å². The first-order chi connectivity index (χ1) is 20.4. The number of anilines is 1. The lowest BCUT2D eigenvalue weighted by Crippen LogP contribution is -2.39. The summed E-state index contributed by atoms with van der Waals surface area (Å²) in [6, 6.07) is 6.69. The van der Waals surface area contributed by atoms with Gasteiger partial charge in [0.05, 0.1) is 5.56 Å². The van der Waals surface area contributed by atoms with Crippen molar-refractivity contribution in [3.8, 4) is 11.4 Å². The lowest BCUT2D eigenvalue weighted by atomic mass is 10.2. The molecule has 1 saturated heterocycles. The first-order valence-corrected chi connectivity index (χ1v) is 14.7. The third-order valence-electron chi connectivity index (χ3n) is 8.08. The fourth-order valence-corrected chi connectivity index (χ4v) is 5.69. The zero-order valence-electron chi connectivity index (χ0n) is 22.8. The largest absolute Gasteiger partial charge is 0.343 e. The molecule has 3 aliphatic rings. The van der Waals surface area contributed by atoms with Gasteiger partial charge < -0.3 is 9.88 Å². The van der Waals surface area contributed by atoms with Crippen LogP contribution in [0.25, 0.3) is 22.6 Å². The van der Waals surface area contributed by atoms with Crippen LogP contribution in [0.3, 0.4) is 0 Å². The zero-order chi connectivity index (χ0) is 29.0. The van der Waals surface area contributed by atoms with Crippen molar-refractivity contribution in [2.24, 2.45) is 0 Å². The summed E-state index contributed by atoms with van der Waals surface area (Å²) in [4.78, 5) is 71.9. The smallest absolute Gasteiger partial charge is 0.333 e. The number of hydrogen-bond acceptors (Lipinski definition) is 7. The van der Waals surface area contributed by atoms with E-state index in [1.54, 1.807) is 39.9 Å². The van der Waals surface area contributed by atoms with Gasteiger partial charge in [-0.2, -0.15) is 0 Å². The maximum absolute atomic E-state index is 13.5. The highest BCUT2D eigenvalue weighted by molar-refractivity contribution is 6.29. The van der Waals surface area contributed by atoms with E-state index in [0.717, 1.165) is 38.6 Å². The van der Waals surface area contributed by atoms with Crippen LogP contribution in [0.4, 0.5) is 5.82 Å². The molecule has 2 aliphatic carbocycles. The number of imidazole rings is 1. The molecule has 216 valence electrons. The summed E-state index contributed by atoms with van der Waals surface area (Å²) in [7, 11) is 0. The number of rotatable bonds is 9. The second kappa shape index (κ2) is 10.5. The van der Waals surface area contributed by atoms with Gasteiger partial charge in [0.1, 0.15) is 22.3 Å². The molecule has 0 atom stereocenters. The standard InChI is InChI=1S/C29H29ClN8O4/c30-21-10-4-18(16-31-21)27(40)36(14-2-13-35-12-1-3-23(35)39)22-11-5-17(15-32-22)25-33-24-26(34-25)37(19-6-7-19)29(42)38(28(24)41)20-8-9-20/h4-5,10-11,15-16,19-20H,1-3,6-9,12-14H2,(H,33,34). The number of H-pyrrole nitrogens is 1. The summed E-state index contributed by atoms with van der Waals surface area (Å²) in [5.41, 5.74) is 1.03. The van der Waals surface area contributed by atoms with E-state index in [1.807, 2.05) is 4.90 Å². The molecule has 2 amide bonds.